The number of anilines is 1. The van der Waals surface area contributed by atoms with E-state index in [1.54, 1.807) is 38.1 Å². The molecular formula is C20H19N3O5S. The highest BCUT2D eigenvalue weighted by molar-refractivity contribution is 7.92. The van der Waals surface area contributed by atoms with Crippen LogP contribution in [0, 0.1) is 13.8 Å². The van der Waals surface area contributed by atoms with Crippen LogP contribution in [0.25, 0.3) is 0 Å². The van der Waals surface area contributed by atoms with Crippen LogP contribution in [-0.2, 0) is 10.0 Å². The highest BCUT2D eigenvalue weighted by Crippen LogP contribution is 2.23. The van der Waals surface area contributed by atoms with Gasteiger partial charge in [-0.1, -0.05) is 24.3 Å². The van der Waals surface area contributed by atoms with E-state index < -0.39 is 21.8 Å². The molecule has 150 valence electrons. The number of furan rings is 1. The van der Waals surface area contributed by atoms with Crippen molar-refractivity contribution in [1.29, 1.82) is 0 Å². The Morgan fingerprint density at radius 2 is 1.62 bits per heavy atom. The standard InChI is InChI=1S/C20H19N3O5S/c1-13-9-10-14(2)18(12-13)29(26,27)23-16-7-4-3-6-15(16)19(24)21-22-20(25)17-8-5-11-28-17/h3-12,23H,1-2H3,(H,21,24)(H,22,25). The third-order valence-electron chi connectivity index (χ3n) is 4.08. The van der Waals surface area contributed by atoms with Crippen molar-refractivity contribution >= 4 is 27.5 Å². The molecule has 8 nitrogen and oxygen atoms in total. The Morgan fingerprint density at radius 3 is 2.34 bits per heavy atom. The lowest BCUT2D eigenvalue weighted by molar-refractivity contribution is 0.0831. The number of sulfonamides is 1. The van der Waals surface area contributed by atoms with Crippen LogP contribution in [0.2, 0.25) is 0 Å². The van der Waals surface area contributed by atoms with Crippen molar-refractivity contribution in [2.24, 2.45) is 0 Å². The van der Waals surface area contributed by atoms with Crippen LogP contribution < -0.4 is 15.6 Å². The lowest BCUT2D eigenvalue weighted by Gasteiger charge is -2.14. The first-order chi connectivity index (χ1) is 13.8. The van der Waals surface area contributed by atoms with Gasteiger partial charge in [0.15, 0.2) is 5.76 Å². The highest BCUT2D eigenvalue weighted by atomic mass is 32.2. The molecule has 0 fully saturated rings. The minimum absolute atomic E-state index is 0.0224. The van der Waals surface area contributed by atoms with E-state index in [0.717, 1.165) is 5.56 Å². The topological polar surface area (TPSA) is 118 Å². The van der Waals surface area contributed by atoms with Gasteiger partial charge in [0.05, 0.1) is 22.4 Å². The van der Waals surface area contributed by atoms with Crippen LogP contribution in [0.1, 0.15) is 32.0 Å². The van der Waals surface area contributed by atoms with Gasteiger partial charge in [0.25, 0.3) is 15.9 Å². The van der Waals surface area contributed by atoms with E-state index in [-0.39, 0.29) is 21.9 Å². The predicted octanol–water partition coefficient (Wildman–Crippen LogP) is 2.77. The first-order valence-electron chi connectivity index (χ1n) is 8.61. The number of rotatable bonds is 5. The molecule has 0 aliphatic carbocycles. The lowest BCUT2D eigenvalue weighted by atomic mass is 10.2. The van der Waals surface area contributed by atoms with Gasteiger partial charge < -0.3 is 4.42 Å². The number of carbonyl (C=O) groups excluding carboxylic acids is 2. The average molecular weight is 413 g/mol. The Kier molecular flexibility index (Phi) is 5.69. The Balaban J connectivity index is 1.80. The summed E-state index contributed by atoms with van der Waals surface area (Å²) in [6.07, 6.45) is 1.33. The number of benzene rings is 2. The molecule has 0 saturated heterocycles. The molecule has 3 N–H and O–H groups in total. The quantitative estimate of drug-likeness (QED) is 0.556. The zero-order valence-electron chi connectivity index (χ0n) is 15.7. The maximum absolute atomic E-state index is 12.8. The first kappa shape index (κ1) is 20.2. The summed E-state index contributed by atoms with van der Waals surface area (Å²) in [7, 11) is -3.92. The summed E-state index contributed by atoms with van der Waals surface area (Å²) >= 11 is 0. The zero-order chi connectivity index (χ0) is 21.0. The van der Waals surface area contributed by atoms with Crippen molar-refractivity contribution in [3.8, 4) is 0 Å². The second kappa shape index (κ2) is 8.19. The van der Waals surface area contributed by atoms with Gasteiger partial charge in [0.1, 0.15) is 0 Å². The van der Waals surface area contributed by atoms with Gasteiger partial charge in [-0.25, -0.2) is 8.42 Å². The van der Waals surface area contributed by atoms with Gasteiger partial charge in [-0.15, -0.1) is 0 Å². The van der Waals surface area contributed by atoms with Crippen LogP contribution >= 0.6 is 0 Å². The molecule has 0 aliphatic rings. The van der Waals surface area contributed by atoms with Gasteiger partial charge in [-0.3, -0.25) is 25.2 Å². The lowest BCUT2D eigenvalue weighted by Crippen LogP contribution is -2.41. The molecule has 0 spiro atoms. The zero-order valence-corrected chi connectivity index (χ0v) is 16.5. The molecule has 3 aromatic rings. The highest BCUT2D eigenvalue weighted by Gasteiger charge is 2.21. The van der Waals surface area contributed by atoms with Gasteiger partial charge in [-0.05, 0) is 55.3 Å². The normalized spacial score (nSPS) is 11.0. The average Bonchev–Trinajstić information content (AvgIpc) is 3.22. The molecule has 0 unspecified atom stereocenters. The van der Waals surface area contributed by atoms with Gasteiger partial charge in [0, 0.05) is 0 Å². The Labute approximate surface area is 168 Å². The third-order valence-corrected chi connectivity index (χ3v) is 5.59. The minimum atomic E-state index is -3.92. The molecule has 0 bridgehead atoms. The van der Waals surface area contributed by atoms with E-state index >= 15 is 0 Å². The van der Waals surface area contributed by atoms with E-state index in [9.17, 15) is 18.0 Å². The Hall–Kier alpha value is -3.59. The van der Waals surface area contributed by atoms with E-state index in [4.69, 9.17) is 4.42 Å². The molecule has 0 atom stereocenters. The third kappa shape index (κ3) is 4.64. The molecule has 3 rings (SSSR count). The minimum Gasteiger partial charge on any atom is -0.459 e. The van der Waals surface area contributed by atoms with Gasteiger partial charge in [0.2, 0.25) is 0 Å². The maximum Gasteiger partial charge on any atom is 0.305 e. The van der Waals surface area contributed by atoms with Crippen molar-refractivity contribution < 1.29 is 22.4 Å². The summed E-state index contributed by atoms with van der Waals surface area (Å²) < 4.78 is 33.1. The SMILES string of the molecule is Cc1ccc(C)c(S(=O)(=O)Nc2ccccc2C(=O)NNC(=O)c2ccco2)c1. The second-order valence-corrected chi connectivity index (χ2v) is 7.96. The van der Waals surface area contributed by atoms with Crippen LogP contribution in [0.4, 0.5) is 5.69 Å². The van der Waals surface area contributed by atoms with Crippen molar-refractivity contribution in [3.63, 3.8) is 0 Å². The van der Waals surface area contributed by atoms with Crippen LogP contribution in [0.3, 0.4) is 0 Å². The number of hydrogen-bond donors (Lipinski definition) is 3. The molecule has 0 aliphatic heterocycles. The smallest absolute Gasteiger partial charge is 0.305 e. The number of para-hydroxylation sites is 1. The molecule has 1 heterocycles. The number of carbonyl (C=O) groups is 2. The van der Waals surface area contributed by atoms with Gasteiger partial charge in [-0.2, -0.15) is 0 Å². The molecule has 0 saturated carbocycles. The first-order valence-corrected chi connectivity index (χ1v) is 10.1. The molecule has 2 amide bonds. The second-order valence-electron chi connectivity index (χ2n) is 6.31. The van der Waals surface area contributed by atoms with Crippen LogP contribution in [0.5, 0.6) is 0 Å². The number of nitrogens with one attached hydrogen (secondary N) is 3. The van der Waals surface area contributed by atoms with Crippen molar-refractivity contribution in [2.45, 2.75) is 18.7 Å². The van der Waals surface area contributed by atoms with Crippen molar-refractivity contribution in [1.82, 2.24) is 10.9 Å². The van der Waals surface area contributed by atoms with Crippen LogP contribution in [-0.4, -0.2) is 20.2 Å². The fraction of sp³-hybridized carbons (Fsp3) is 0.100. The monoisotopic (exact) mass is 413 g/mol. The summed E-state index contributed by atoms with van der Waals surface area (Å²) in [5, 5.41) is 0. The summed E-state index contributed by atoms with van der Waals surface area (Å²) in [4.78, 5) is 24.5. The van der Waals surface area contributed by atoms with E-state index in [1.165, 1.54) is 30.5 Å². The predicted molar refractivity (Wildman–Crippen MR) is 107 cm³/mol. The fourth-order valence-electron chi connectivity index (χ4n) is 2.62. The number of hydrazine groups is 1. The number of amides is 2. The van der Waals surface area contributed by atoms with E-state index in [1.807, 2.05) is 6.07 Å². The summed E-state index contributed by atoms with van der Waals surface area (Å²) in [6.45, 7) is 3.48. The Morgan fingerprint density at radius 1 is 0.897 bits per heavy atom. The van der Waals surface area contributed by atoms with Gasteiger partial charge >= 0.3 is 5.91 Å². The molecule has 9 heteroatoms. The maximum atomic E-state index is 12.8. The Bertz CT molecular complexity index is 1150. The molecular weight excluding hydrogens is 394 g/mol. The number of hydrogen-bond acceptors (Lipinski definition) is 5. The van der Waals surface area contributed by atoms with E-state index in [2.05, 4.69) is 15.6 Å². The molecule has 0 radical (unpaired) electrons. The molecule has 29 heavy (non-hydrogen) atoms. The summed E-state index contributed by atoms with van der Waals surface area (Å²) in [5.74, 6) is -1.31. The summed E-state index contributed by atoms with van der Waals surface area (Å²) in [6, 6.07) is 14.1. The van der Waals surface area contributed by atoms with E-state index in [0.29, 0.717) is 5.56 Å². The largest absolute Gasteiger partial charge is 0.459 e. The van der Waals surface area contributed by atoms with Crippen LogP contribution in [0.15, 0.2) is 70.2 Å². The molecule has 2 aromatic carbocycles. The van der Waals surface area contributed by atoms with Crippen molar-refractivity contribution in [3.05, 3.63) is 83.3 Å². The van der Waals surface area contributed by atoms with Crippen molar-refractivity contribution in [2.75, 3.05) is 4.72 Å². The molecule has 1 aromatic heterocycles. The number of aryl methyl sites for hydroxylation is 2. The summed E-state index contributed by atoms with van der Waals surface area (Å²) in [5.41, 5.74) is 5.95. The fourth-order valence-corrected chi connectivity index (χ4v) is 4.03.